The van der Waals surface area contributed by atoms with E-state index in [-0.39, 0.29) is 5.91 Å². The molecule has 0 aliphatic carbocycles. The van der Waals surface area contributed by atoms with Crippen LogP contribution in [0.4, 0.5) is 0 Å². The van der Waals surface area contributed by atoms with Crippen molar-refractivity contribution in [2.75, 3.05) is 25.4 Å². The number of piperidine rings is 1. The number of thioether (sulfide) groups is 1. The largest absolute Gasteiger partial charge is 0.362 e. The molecule has 0 aromatic heterocycles. The molecule has 1 N–H and O–H groups in total. The summed E-state index contributed by atoms with van der Waals surface area (Å²) in [4.78, 5) is 18.3. The number of likely N-dealkylation sites (tertiary alicyclic amines) is 1. The van der Waals surface area contributed by atoms with Gasteiger partial charge in [-0.1, -0.05) is 18.7 Å². The lowest BCUT2D eigenvalue weighted by atomic mass is 10.1. The fourth-order valence-electron chi connectivity index (χ4n) is 2.21. The Kier molecular flexibility index (Phi) is 4.92. The van der Waals surface area contributed by atoms with E-state index >= 15 is 0 Å². The molecule has 2 aliphatic heterocycles. The molecule has 1 amide bonds. The van der Waals surface area contributed by atoms with Crippen LogP contribution in [0.15, 0.2) is 4.99 Å². The topological polar surface area (TPSA) is 44.7 Å². The molecule has 0 saturated carbocycles. The van der Waals surface area contributed by atoms with Gasteiger partial charge in [0.15, 0.2) is 5.17 Å². The summed E-state index contributed by atoms with van der Waals surface area (Å²) in [5.41, 5.74) is 0. The van der Waals surface area contributed by atoms with E-state index in [0.29, 0.717) is 18.5 Å². The number of carbonyl (C=O) groups excluding carboxylic acids is 1. The van der Waals surface area contributed by atoms with Gasteiger partial charge in [0.25, 0.3) is 0 Å². The lowest BCUT2D eigenvalue weighted by molar-refractivity contribution is -0.130. The predicted molar refractivity (Wildman–Crippen MR) is 77.0 cm³/mol. The second-order valence-corrected chi connectivity index (χ2v) is 6.29. The summed E-state index contributed by atoms with van der Waals surface area (Å²) in [7, 11) is 0. The van der Waals surface area contributed by atoms with Gasteiger partial charge in [-0.3, -0.25) is 9.79 Å². The minimum atomic E-state index is 0.177. The van der Waals surface area contributed by atoms with Gasteiger partial charge >= 0.3 is 0 Å². The second-order valence-electron chi connectivity index (χ2n) is 5.28. The fourth-order valence-corrected chi connectivity index (χ4v) is 3.34. The van der Waals surface area contributed by atoms with Crippen LogP contribution < -0.4 is 5.32 Å². The fraction of sp³-hybridized carbons (Fsp3) is 0.846. The highest BCUT2D eigenvalue weighted by Crippen LogP contribution is 2.19. The van der Waals surface area contributed by atoms with Crippen LogP contribution in [0.2, 0.25) is 0 Å². The summed E-state index contributed by atoms with van der Waals surface area (Å²) >= 11 is 1.73. The molecule has 2 unspecified atom stereocenters. The summed E-state index contributed by atoms with van der Waals surface area (Å²) in [5, 5.41) is 4.30. The SMILES string of the molecule is CC1CSC(=NCC(=O)N2CCCCC2)NC1C. The van der Waals surface area contributed by atoms with E-state index in [4.69, 9.17) is 0 Å². The molecule has 0 radical (unpaired) electrons. The number of amidine groups is 1. The maximum Gasteiger partial charge on any atom is 0.244 e. The zero-order valence-electron chi connectivity index (χ0n) is 11.3. The summed E-state index contributed by atoms with van der Waals surface area (Å²) < 4.78 is 0. The van der Waals surface area contributed by atoms with Crippen LogP contribution in [-0.4, -0.2) is 47.4 Å². The van der Waals surface area contributed by atoms with E-state index in [1.807, 2.05) is 4.90 Å². The zero-order chi connectivity index (χ0) is 13.0. The highest BCUT2D eigenvalue weighted by molar-refractivity contribution is 8.13. The normalized spacial score (nSPS) is 31.2. The van der Waals surface area contributed by atoms with Crippen molar-refractivity contribution >= 4 is 22.8 Å². The Morgan fingerprint density at radius 1 is 1.39 bits per heavy atom. The third-order valence-corrected chi connectivity index (χ3v) is 4.97. The van der Waals surface area contributed by atoms with Gasteiger partial charge in [-0.05, 0) is 32.1 Å². The molecular weight excluding hydrogens is 246 g/mol. The first-order valence-electron chi connectivity index (χ1n) is 6.88. The molecule has 2 aliphatic rings. The maximum atomic E-state index is 12.0. The Morgan fingerprint density at radius 3 is 2.78 bits per heavy atom. The summed E-state index contributed by atoms with van der Waals surface area (Å²) in [6, 6.07) is 0.454. The van der Waals surface area contributed by atoms with Crippen molar-refractivity contribution in [1.82, 2.24) is 10.2 Å². The number of nitrogens with one attached hydrogen (secondary N) is 1. The Hall–Kier alpha value is -0.710. The first-order valence-corrected chi connectivity index (χ1v) is 7.87. The Morgan fingerprint density at radius 2 is 2.11 bits per heavy atom. The zero-order valence-corrected chi connectivity index (χ0v) is 12.1. The van der Waals surface area contributed by atoms with Crippen LogP contribution in [0, 0.1) is 5.92 Å². The summed E-state index contributed by atoms with van der Waals surface area (Å²) in [6.45, 7) is 6.54. The predicted octanol–water partition coefficient (Wildman–Crippen LogP) is 1.72. The number of aliphatic imine (C=N–C) groups is 1. The van der Waals surface area contributed by atoms with Gasteiger partial charge in [-0.25, -0.2) is 0 Å². The van der Waals surface area contributed by atoms with E-state index in [2.05, 4.69) is 24.2 Å². The molecule has 2 rings (SSSR count). The van der Waals surface area contributed by atoms with E-state index in [1.54, 1.807) is 11.8 Å². The number of nitrogens with zero attached hydrogens (tertiary/aromatic N) is 2. The molecule has 2 fully saturated rings. The first-order chi connectivity index (χ1) is 8.66. The van der Waals surface area contributed by atoms with Crippen molar-refractivity contribution in [3.8, 4) is 0 Å². The average Bonchev–Trinajstić information content (AvgIpc) is 2.41. The monoisotopic (exact) mass is 269 g/mol. The van der Waals surface area contributed by atoms with Gasteiger partial charge in [0.05, 0.1) is 0 Å². The number of hydrogen-bond donors (Lipinski definition) is 1. The van der Waals surface area contributed by atoms with Gasteiger partial charge in [0.2, 0.25) is 5.91 Å². The van der Waals surface area contributed by atoms with E-state index in [1.165, 1.54) is 6.42 Å². The maximum absolute atomic E-state index is 12.0. The molecule has 0 spiro atoms. The molecule has 0 bridgehead atoms. The van der Waals surface area contributed by atoms with Crippen LogP contribution >= 0.6 is 11.8 Å². The lowest BCUT2D eigenvalue weighted by Crippen LogP contribution is -2.42. The first kappa shape index (κ1) is 13.7. The van der Waals surface area contributed by atoms with Crippen molar-refractivity contribution in [2.45, 2.75) is 39.2 Å². The number of hydrogen-bond acceptors (Lipinski definition) is 3. The van der Waals surface area contributed by atoms with Crippen molar-refractivity contribution in [1.29, 1.82) is 0 Å². The highest BCUT2D eigenvalue weighted by Gasteiger charge is 2.21. The lowest BCUT2D eigenvalue weighted by Gasteiger charge is -2.29. The molecule has 2 saturated heterocycles. The van der Waals surface area contributed by atoms with Crippen molar-refractivity contribution in [2.24, 2.45) is 10.9 Å². The van der Waals surface area contributed by atoms with Crippen LogP contribution in [0.25, 0.3) is 0 Å². The van der Waals surface area contributed by atoms with E-state index in [0.717, 1.165) is 36.9 Å². The van der Waals surface area contributed by atoms with Crippen molar-refractivity contribution in [3.05, 3.63) is 0 Å². The van der Waals surface area contributed by atoms with Gasteiger partial charge in [-0.2, -0.15) is 0 Å². The van der Waals surface area contributed by atoms with Crippen LogP contribution in [0.1, 0.15) is 33.1 Å². The highest BCUT2D eigenvalue weighted by atomic mass is 32.2. The number of rotatable bonds is 2. The Bertz CT molecular complexity index is 326. The van der Waals surface area contributed by atoms with Gasteiger partial charge in [0, 0.05) is 24.9 Å². The molecule has 0 aromatic carbocycles. The smallest absolute Gasteiger partial charge is 0.244 e. The molecule has 4 nitrogen and oxygen atoms in total. The number of carbonyl (C=O) groups is 1. The van der Waals surface area contributed by atoms with Gasteiger partial charge < -0.3 is 10.2 Å². The minimum absolute atomic E-state index is 0.177. The van der Waals surface area contributed by atoms with Gasteiger partial charge in [-0.15, -0.1) is 0 Å². The molecule has 18 heavy (non-hydrogen) atoms. The quantitative estimate of drug-likeness (QED) is 0.830. The van der Waals surface area contributed by atoms with Crippen molar-refractivity contribution in [3.63, 3.8) is 0 Å². The summed E-state index contributed by atoms with van der Waals surface area (Å²) in [5.74, 6) is 1.92. The number of amides is 1. The molecule has 5 heteroatoms. The molecule has 102 valence electrons. The molecule has 0 aromatic rings. The summed E-state index contributed by atoms with van der Waals surface area (Å²) in [6.07, 6.45) is 3.54. The molecule has 2 heterocycles. The Balaban J connectivity index is 1.80. The van der Waals surface area contributed by atoms with Gasteiger partial charge in [0.1, 0.15) is 6.54 Å². The third-order valence-electron chi connectivity index (χ3n) is 3.75. The minimum Gasteiger partial charge on any atom is -0.362 e. The average molecular weight is 269 g/mol. The van der Waals surface area contributed by atoms with Crippen LogP contribution in [0.5, 0.6) is 0 Å². The van der Waals surface area contributed by atoms with E-state index in [9.17, 15) is 4.79 Å². The van der Waals surface area contributed by atoms with Crippen molar-refractivity contribution < 1.29 is 4.79 Å². The molecule has 2 atom stereocenters. The third kappa shape index (κ3) is 3.64. The van der Waals surface area contributed by atoms with E-state index < -0.39 is 0 Å². The second kappa shape index (κ2) is 6.45. The van der Waals surface area contributed by atoms with Crippen LogP contribution in [0.3, 0.4) is 0 Å². The van der Waals surface area contributed by atoms with Crippen LogP contribution in [-0.2, 0) is 4.79 Å². The standard InChI is InChI=1S/C13H23N3OS/c1-10-9-18-13(15-11(10)2)14-8-12(17)16-6-4-3-5-7-16/h10-11H,3-9H2,1-2H3,(H,14,15). The molecular formula is C13H23N3OS. The Labute approximate surface area is 114 Å².